The van der Waals surface area contributed by atoms with Crippen molar-refractivity contribution < 1.29 is 28.6 Å². The molecule has 1 aromatic heterocycles. The van der Waals surface area contributed by atoms with E-state index >= 15 is 4.39 Å². The average molecular weight is 584 g/mol. The van der Waals surface area contributed by atoms with E-state index in [-0.39, 0.29) is 52.7 Å². The number of carboxylic acid groups (broad SMARTS) is 1. The Labute approximate surface area is 243 Å². The van der Waals surface area contributed by atoms with Crippen LogP contribution < -0.4 is 5.32 Å². The van der Waals surface area contributed by atoms with Crippen molar-refractivity contribution in [3.63, 3.8) is 0 Å². The van der Waals surface area contributed by atoms with Crippen LogP contribution in [0.4, 0.5) is 10.1 Å². The van der Waals surface area contributed by atoms with Gasteiger partial charge in [0, 0.05) is 30.2 Å². The molecule has 1 saturated carbocycles. The number of benzene rings is 2. The predicted octanol–water partition coefficient (Wildman–Crippen LogP) is 5.81. The molecule has 2 amide bonds. The first-order chi connectivity index (χ1) is 19.6. The fraction of sp³-hybridized carbons (Fsp3) is 0.452. The third-order valence-electron chi connectivity index (χ3n) is 8.49. The monoisotopic (exact) mass is 583 g/mol. The molecule has 10 heteroatoms. The Morgan fingerprint density at radius 1 is 1.10 bits per heavy atom. The number of carbonyl (C=O) groups is 3. The molecular formula is C31H35ClFN3O5. The maximum Gasteiger partial charge on any atom is 0.306 e. The van der Waals surface area contributed by atoms with Crippen molar-refractivity contribution in [2.24, 2.45) is 13.0 Å². The molecule has 41 heavy (non-hydrogen) atoms. The topological polar surface area (TPSA) is 101 Å². The van der Waals surface area contributed by atoms with Crippen molar-refractivity contribution in [2.75, 3.05) is 11.9 Å². The zero-order chi connectivity index (χ0) is 29.3. The number of aromatic nitrogens is 1. The normalized spacial score (nSPS) is 22.7. The lowest BCUT2D eigenvalue weighted by molar-refractivity contribution is -0.144. The number of para-hydroxylation sites is 1. The van der Waals surface area contributed by atoms with Crippen LogP contribution in [0.5, 0.6) is 0 Å². The average Bonchev–Trinajstić information content (AvgIpc) is 3.49. The van der Waals surface area contributed by atoms with Gasteiger partial charge in [-0.25, -0.2) is 4.39 Å². The Hall–Kier alpha value is -3.43. The molecule has 0 radical (unpaired) electrons. The second-order valence-electron chi connectivity index (χ2n) is 11.3. The highest BCUT2D eigenvalue weighted by atomic mass is 35.5. The minimum atomic E-state index is -0.752. The highest BCUT2D eigenvalue weighted by Crippen LogP contribution is 2.31. The molecule has 1 aliphatic heterocycles. The number of hydrogen-bond donors (Lipinski definition) is 2. The van der Waals surface area contributed by atoms with Gasteiger partial charge in [0.2, 0.25) is 5.91 Å². The van der Waals surface area contributed by atoms with Crippen LogP contribution in [0.15, 0.2) is 42.6 Å². The largest absolute Gasteiger partial charge is 0.481 e. The van der Waals surface area contributed by atoms with Crippen molar-refractivity contribution in [1.29, 1.82) is 0 Å². The molecule has 0 spiro atoms. The minimum absolute atomic E-state index is 0.00311. The molecule has 2 atom stereocenters. The van der Waals surface area contributed by atoms with E-state index in [2.05, 4.69) is 5.32 Å². The summed E-state index contributed by atoms with van der Waals surface area (Å²) >= 11 is 6.45. The molecule has 2 aromatic carbocycles. The van der Waals surface area contributed by atoms with Crippen LogP contribution in [0.3, 0.4) is 0 Å². The standard InChI is InChI=1S/C31H35ClFN3O5/c1-18-7-10-21(17-41-22-11-8-19(9-12-22)31(39)40)36(18)29(37)14-20-13-25(32)27(15-26(20)33)34-30(38)24-16-35(2)28-6-4-3-5-23(24)28/h3-6,13,15-16,18-19,21-22H,7-12,14,17H2,1-2H3,(H,34,38)(H,39,40)/t18-,19?,21-,22?/m0/s1. The number of nitrogens with one attached hydrogen (secondary N) is 1. The van der Waals surface area contributed by atoms with E-state index in [1.54, 1.807) is 11.1 Å². The number of fused-ring (bicyclic) bond motifs is 1. The highest BCUT2D eigenvalue weighted by molar-refractivity contribution is 6.34. The first-order valence-corrected chi connectivity index (χ1v) is 14.5. The molecule has 2 heterocycles. The van der Waals surface area contributed by atoms with Gasteiger partial charge in [0.15, 0.2) is 0 Å². The van der Waals surface area contributed by atoms with Crippen LogP contribution in [0.2, 0.25) is 5.02 Å². The van der Waals surface area contributed by atoms with E-state index < -0.39 is 17.7 Å². The number of nitrogens with zero attached hydrogens (tertiary/aromatic N) is 2. The first kappa shape index (κ1) is 29.1. The summed E-state index contributed by atoms with van der Waals surface area (Å²) < 4.78 is 23.2. The summed E-state index contributed by atoms with van der Waals surface area (Å²) in [7, 11) is 1.85. The maximum atomic E-state index is 15.2. The molecule has 0 bridgehead atoms. The number of carbonyl (C=O) groups excluding carboxylic acids is 2. The molecule has 5 rings (SSSR count). The van der Waals surface area contributed by atoms with Crippen LogP contribution in [0.25, 0.3) is 10.9 Å². The SMILES string of the molecule is C[C@H]1CC[C@@H](COC2CCC(C(=O)O)CC2)N1C(=O)Cc1cc(Cl)c(NC(=O)c2cn(C)c3ccccc23)cc1F. The number of amides is 2. The number of aryl methyl sites for hydroxylation is 1. The Balaban J connectivity index is 1.22. The van der Waals surface area contributed by atoms with Gasteiger partial charge in [0.1, 0.15) is 5.82 Å². The number of anilines is 1. The number of halogens is 2. The number of rotatable bonds is 8. The van der Waals surface area contributed by atoms with Crippen molar-refractivity contribution in [3.8, 4) is 0 Å². The van der Waals surface area contributed by atoms with Crippen molar-refractivity contribution >= 4 is 46.0 Å². The first-order valence-electron chi connectivity index (χ1n) is 14.1. The second kappa shape index (κ2) is 12.2. The third-order valence-corrected chi connectivity index (χ3v) is 8.80. The third kappa shape index (κ3) is 6.26. The molecule has 2 fully saturated rings. The van der Waals surface area contributed by atoms with Gasteiger partial charge in [-0.3, -0.25) is 14.4 Å². The van der Waals surface area contributed by atoms with Crippen LogP contribution in [0, 0.1) is 11.7 Å². The fourth-order valence-electron chi connectivity index (χ4n) is 6.19. The lowest BCUT2D eigenvalue weighted by atomic mass is 9.87. The van der Waals surface area contributed by atoms with Gasteiger partial charge in [-0.2, -0.15) is 0 Å². The van der Waals surface area contributed by atoms with E-state index in [1.165, 1.54) is 6.07 Å². The smallest absolute Gasteiger partial charge is 0.306 e. The number of carboxylic acids is 1. The molecule has 1 saturated heterocycles. The summed E-state index contributed by atoms with van der Waals surface area (Å²) in [5, 5.41) is 12.8. The number of aliphatic carboxylic acids is 1. The molecule has 218 valence electrons. The van der Waals surface area contributed by atoms with Gasteiger partial charge >= 0.3 is 5.97 Å². The molecule has 1 aliphatic carbocycles. The predicted molar refractivity (Wildman–Crippen MR) is 155 cm³/mol. The Bertz CT molecular complexity index is 1470. The molecule has 3 aromatic rings. The van der Waals surface area contributed by atoms with Crippen molar-refractivity contribution in [2.45, 2.75) is 70.1 Å². The van der Waals surface area contributed by atoms with E-state index in [9.17, 15) is 19.5 Å². The number of likely N-dealkylation sites (tertiary alicyclic amines) is 1. The second-order valence-corrected chi connectivity index (χ2v) is 11.7. The summed E-state index contributed by atoms with van der Waals surface area (Å²) in [5.41, 5.74) is 1.64. The summed E-state index contributed by atoms with van der Waals surface area (Å²) in [4.78, 5) is 39.4. The fourth-order valence-corrected chi connectivity index (χ4v) is 6.43. The number of hydrogen-bond acceptors (Lipinski definition) is 4. The molecular weight excluding hydrogens is 549 g/mol. The molecule has 8 nitrogen and oxygen atoms in total. The van der Waals surface area contributed by atoms with Crippen molar-refractivity contribution in [1.82, 2.24) is 9.47 Å². The van der Waals surface area contributed by atoms with Crippen LogP contribution in [0.1, 0.15) is 61.4 Å². The van der Waals surface area contributed by atoms with Crippen LogP contribution >= 0.6 is 11.6 Å². The van der Waals surface area contributed by atoms with Crippen molar-refractivity contribution in [3.05, 3.63) is 64.6 Å². The maximum absolute atomic E-state index is 15.2. The molecule has 2 N–H and O–H groups in total. The van der Waals surface area contributed by atoms with Crippen LogP contribution in [-0.2, 0) is 27.8 Å². The van der Waals surface area contributed by atoms with Gasteiger partial charge in [0.05, 0.1) is 47.4 Å². The van der Waals surface area contributed by atoms with E-state index in [0.717, 1.165) is 29.8 Å². The number of ether oxygens (including phenoxy) is 1. The van der Waals surface area contributed by atoms with Gasteiger partial charge in [-0.1, -0.05) is 29.8 Å². The lowest BCUT2D eigenvalue weighted by Crippen LogP contribution is -2.43. The Morgan fingerprint density at radius 2 is 1.83 bits per heavy atom. The zero-order valence-electron chi connectivity index (χ0n) is 23.2. The van der Waals surface area contributed by atoms with Gasteiger partial charge < -0.3 is 24.6 Å². The van der Waals surface area contributed by atoms with E-state index in [4.69, 9.17) is 16.3 Å². The minimum Gasteiger partial charge on any atom is -0.481 e. The quantitative estimate of drug-likeness (QED) is 0.349. The van der Waals surface area contributed by atoms with Gasteiger partial charge in [-0.15, -0.1) is 0 Å². The molecule has 2 aliphatic rings. The van der Waals surface area contributed by atoms with E-state index in [1.807, 2.05) is 42.8 Å². The summed E-state index contributed by atoms with van der Waals surface area (Å²) in [6, 6.07) is 9.95. The Morgan fingerprint density at radius 3 is 2.56 bits per heavy atom. The zero-order valence-corrected chi connectivity index (χ0v) is 24.0. The van der Waals surface area contributed by atoms with E-state index in [0.29, 0.717) is 37.9 Å². The highest BCUT2D eigenvalue weighted by Gasteiger charge is 2.36. The Kier molecular flexibility index (Phi) is 8.66. The molecule has 0 unspecified atom stereocenters. The summed E-state index contributed by atoms with van der Waals surface area (Å²) in [5.74, 6) is -2.29. The van der Waals surface area contributed by atoms with Gasteiger partial charge in [0.25, 0.3) is 5.91 Å². The summed E-state index contributed by atoms with van der Waals surface area (Å²) in [6.07, 6.45) is 5.76. The lowest BCUT2D eigenvalue weighted by Gasteiger charge is -2.32. The van der Waals surface area contributed by atoms with Gasteiger partial charge in [-0.05, 0) is 69.2 Å². The summed E-state index contributed by atoms with van der Waals surface area (Å²) in [6.45, 7) is 2.35. The van der Waals surface area contributed by atoms with Crippen LogP contribution in [-0.4, -0.2) is 57.2 Å².